The molecule has 0 saturated carbocycles. The Bertz CT molecular complexity index is 132. The Labute approximate surface area is 69.5 Å². The van der Waals surface area contributed by atoms with Gasteiger partial charge in [-0.3, -0.25) is 0 Å². The molecule has 0 fully saturated rings. The van der Waals surface area contributed by atoms with Crippen molar-refractivity contribution in [1.82, 2.24) is 5.32 Å². The first-order chi connectivity index (χ1) is 5.41. The molecule has 0 atom stereocenters. The molecule has 1 N–H and O–H groups in total. The fourth-order valence-corrected chi connectivity index (χ4v) is 0.854. The standard InChI is InChI=1S/C10H17N/c1-3-5-6-7-8-9-10-11-4-2/h4-5,11H,1-2,6-10H2. The van der Waals surface area contributed by atoms with Crippen LogP contribution >= 0.6 is 0 Å². The predicted octanol–water partition coefficient (Wildman–Crippen LogP) is 2.62. The summed E-state index contributed by atoms with van der Waals surface area (Å²) in [6.45, 7) is 8.12. The highest BCUT2D eigenvalue weighted by Crippen LogP contribution is 1.98. The van der Waals surface area contributed by atoms with E-state index in [0.717, 1.165) is 13.0 Å². The van der Waals surface area contributed by atoms with Crippen LogP contribution in [0.4, 0.5) is 0 Å². The highest BCUT2D eigenvalue weighted by molar-refractivity contribution is 4.75. The Kier molecular flexibility index (Phi) is 8.29. The van der Waals surface area contributed by atoms with Gasteiger partial charge >= 0.3 is 0 Å². The normalized spacial score (nSPS) is 8.36. The molecule has 62 valence electrons. The van der Waals surface area contributed by atoms with Crippen LogP contribution in [0.5, 0.6) is 0 Å². The quantitative estimate of drug-likeness (QED) is 0.435. The summed E-state index contributed by atoms with van der Waals surface area (Å²) in [5.41, 5.74) is 2.76. The molecule has 0 spiro atoms. The molecule has 11 heavy (non-hydrogen) atoms. The minimum atomic E-state index is 1.04. The average molecular weight is 151 g/mol. The Morgan fingerprint density at radius 3 is 2.73 bits per heavy atom. The van der Waals surface area contributed by atoms with Crippen molar-refractivity contribution in [2.45, 2.75) is 25.7 Å². The van der Waals surface area contributed by atoms with Crippen LogP contribution in [-0.4, -0.2) is 6.54 Å². The lowest BCUT2D eigenvalue weighted by atomic mass is 10.2. The third kappa shape index (κ3) is 9.06. The molecule has 0 bridgehead atoms. The zero-order valence-electron chi connectivity index (χ0n) is 7.10. The molecule has 0 aliphatic heterocycles. The van der Waals surface area contributed by atoms with Crippen molar-refractivity contribution in [1.29, 1.82) is 0 Å². The summed E-state index contributed by atoms with van der Waals surface area (Å²) in [6, 6.07) is 0. The van der Waals surface area contributed by atoms with E-state index in [9.17, 15) is 0 Å². The number of allylic oxidation sites excluding steroid dienone is 1. The van der Waals surface area contributed by atoms with E-state index in [1.807, 2.05) is 6.08 Å². The first-order valence-corrected chi connectivity index (χ1v) is 4.10. The second kappa shape index (κ2) is 9.06. The fourth-order valence-electron chi connectivity index (χ4n) is 0.854. The van der Waals surface area contributed by atoms with Gasteiger partial charge in [-0.1, -0.05) is 19.6 Å². The van der Waals surface area contributed by atoms with Crippen molar-refractivity contribution in [3.63, 3.8) is 0 Å². The minimum absolute atomic E-state index is 1.04. The summed E-state index contributed by atoms with van der Waals surface area (Å²) >= 11 is 0. The SMILES string of the molecule is C=C=CCCCCCNC=C. The zero-order chi connectivity index (χ0) is 8.36. The molecule has 0 radical (unpaired) electrons. The first kappa shape index (κ1) is 10.1. The van der Waals surface area contributed by atoms with E-state index in [0.29, 0.717) is 0 Å². The summed E-state index contributed by atoms with van der Waals surface area (Å²) in [7, 11) is 0. The molecule has 0 unspecified atom stereocenters. The number of rotatable bonds is 7. The molecule has 1 nitrogen and oxygen atoms in total. The maximum atomic E-state index is 3.57. The molecule has 0 amide bonds. The third-order valence-corrected chi connectivity index (χ3v) is 1.46. The largest absolute Gasteiger partial charge is 0.391 e. The maximum Gasteiger partial charge on any atom is 0.0141 e. The van der Waals surface area contributed by atoms with Gasteiger partial charge < -0.3 is 5.32 Å². The van der Waals surface area contributed by atoms with Gasteiger partial charge in [0.1, 0.15) is 0 Å². The minimum Gasteiger partial charge on any atom is -0.391 e. The van der Waals surface area contributed by atoms with Gasteiger partial charge in [0.25, 0.3) is 0 Å². The van der Waals surface area contributed by atoms with Gasteiger partial charge in [-0.2, -0.15) is 0 Å². The van der Waals surface area contributed by atoms with E-state index >= 15 is 0 Å². The number of unbranched alkanes of at least 4 members (excludes halogenated alkanes) is 3. The van der Waals surface area contributed by atoms with E-state index in [4.69, 9.17) is 0 Å². The molecule has 1 heteroatoms. The molecule has 0 aromatic rings. The zero-order valence-corrected chi connectivity index (χ0v) is 7.10. The monoisotopic (exact) mass is 151 g/mol. The molecule has 0 heterocycles. The van der Waals surface area contributed by atoms with Gasteiger partial charge in [-0.05, 0) is 31.5 Å². The van der Waals surface area contributed by atoms with Crippen molar-refractivity contribution < 1.29 is 0 Å². The van der Waals surface area contributed by atoms with Gasteiger partial charge in [-0.15, -0.1) is 5.73 Å². The van der Waals surface area contributed by atoms with Crippen LogP contribution in [0.15, 0.2) is 31.2 Å². The smallest absolute Gasteiger partial charge is 0.0141 e. The van der Waals surface area contributed by atoms with Crippen LogP contribution in [0.25, 0.3) is 0 Å². The molecule has 0 aliphatic rings. The number of nitrogens with one attached hydrogen (secondary N) is 1. The van der Waals surface area contributed by atoms with Gasteiger partial charge in [0.05, 0.1) is 0 Å². The van der Waals surface area contributed by atoms with Crippen molar-refractivity contribution >= 4 is 0 Å². The maximum absolute atomic E-state index is 3.57. The highest BCUT2D eigenvalue weighted by atomic mass is 14.8. The predicted molar refractivity (Wildman–Crippen MR) is 50.4 cm³/mol. The highest BCUT2D eigenvalue weighted by Gasteiger charge is 1.84. The topological polar surface area (TPSA) is 12.0 Å². The molecule has 0 aromatic carbocycles. The van der Waals surface area contributed by atoms with Crippen LogP contribution in [0.1, 0.15) is 25.7 Å². The average Bonchev–Trinajstić information content (AvgIpc) is 2.03. The number of hydrogen-bond donors (Lipinski definition) is 1. The van der Waals surface area contributed by atoms with Gasteiger partial charge in [-0.25, -0.2) is 0 Å². The van der Waals surface area contributed by atoms with E-state index < -0.39 is 0 Å². The summed E-state index contributed by atoms with van der Waals surface area (Å²) in [5, 5.41) is 3.06. The lowest BCUT2D eigenvalue weighted by Crippen LogP contribution is -2.05. The lowest BCUT2D eigenvalue weighted by Gasteiger charge is -1.98. The molecule has 0 aromatic heterocycles. The molecule has 0 saturated heterocycles. The van der Waals surface area contributed by atoms with Crippen LogP contribution in [-0.2, 0) is 0 Å². The third-order valence-electron chi connectivity index (χ3n) is 1.46. The Hall–Kier alpha value is -0.940. The van der Waals surface area contributed by atoms with E-state index in [1.165, 1.54) is 19.3 Å². The first-order valence-electron chi connectivity index (χ1n) is 4.10. The van der Waals surface area contributed by atoms with Crippen molar-refractivity contribution in [3.8, 4) is 0 Å². The molecular formula is C10H17N. The molecular weight excluding hydrogens is 134 g/mol. The van der Waals surface area contributed by atoms with Crippen molar-refractivity contribution in [2.75, 3.05) is 6.54 Å². The summed E-state index contributed by atoms with van der Waals surface area (Å²) in [5.74, 6) is 0. The Balaban J connectivity index is 2.90. The van der Waals surface area contributed by atoms with E-state index in [1.54, 1.807) is 6.20 Å². The van der Waals surface area contributed by atoms with Crippen LogP contribution < -0.4 is 5.32 Å². The van der Waals surface area contributed by atoms with E-state index in [-0.39, 0.29) is 0 Å². The van der Waals surface area contributed by atoms with Crippen LogP contribution in [0.2, 0.25) is 0 Å². The van der Waals surface area contributed by atoms with Crippen molar-refractivity contribution in [3.05, 3.63) is 31.2 Å². The second-order valence-electron chi connectivity index (χ2n) is 2.42. The number of hydrogen-bond acceptors (Lipinski definition) is 1. The molecule has 0 aliphatic carbocycles. The van der Waals surface area contributed by atoms with Gasteiger partial charge in [0, 0.05) is 6.54 Å². The summed E-state index contributed by atoms with van der Waals surface area (Å²) < 4.78 is 0. The van der Waals surface area contributed by atoms with Crippen LogP contribution in [0, 0.1) is 0 Å². The summed E-state index contributed by atoms with van der Waals surface area (Å²) in [4.78, 5) is 0. The second-order valence-corrected chi connectivity index (χ2v) is 2.42. The van der Waals surface area contributed by atoms with Gasteiger partial charge in [0.15, 0.2) is 0 Å². The van der Waals surface area contributed by atoms with Crippen molar-refractivity contribution in [2.24, 2.45) is 0 Å². The Morgan fingerprint density at radius 2 is 2.09 bits per heavy atom. The molecule has 0 rings (SSSR count). The lowest BCUT2D eigenvalue weighted by molar-refractivity contribution is 0.661. The Morgan fingerprint density at radius 1 is 1.27 bits per heavy atom. The van der Waals surface area contributed by atoms with Gasteiger partial charge in [0.2, 0.25) is 0 Å². The summed E-state index contributed by atoms with van der Waals surface area (Å²) in [6.07, 6.45) is 8.56. The fraction of sp³-hybridized carbons (Fsp3) is 0.500. The van der Waals surface area contributed by atoms with E-state index in [2.05, 4.69) is 24.2 Å². The van der Waals surface area contributed by atoms with Crippen LogP contribution in [0.3, 0.4) is 0 Å².